The van der Waals surface area contributed by atoms with Crippen LogP contribution >= 0.6 is 15.9 Å². The van der Waals surface area contributed by atoms with Gasteiger partial charge in [-0.05, 0) is 49.3 Å². The highest BCUT2D eigenvalue weighted by molar-refractivity contribution is 9.10. The largest absolute Gasteiger partial charge is 0.353 e. The molecule has 5 heteroatoms. The smallest absolute Gasteiger partial charge is 0.239 e. The van der Waals surface area contributed by atoms with Gasteiger partial charge < -0.3 is 9.88 Å². The number of amides is 1. The van der Waals surface area contributed by atoms with Crippen LogP contribution in [0.5, 0.6) is 0 Å². The van der Waals surface area contributed by atoms with Crippen molar-refractivity contribution in [2.24, 2.45) is 0 Å². The molecular formula is C18H26BrN3O. The van der Waals surface area contributed by atoms with Crippen molar-refractivity contribution >= 4 is 32.7 Å². The number of carbonyl (C=O) groups is 1. The van der Waals surface area contributed by atoms with Gasteiger partial charge in [-0.2, -0.15) is 0 Å². The van der Waals surface area contributed by atoms with E-state index >= 15 is 0 Å². The molecule has 2 rings (SSSR count). The van der Waals surface area contributed by atoms with E-state index in [2.05, 4.69) is 63.6 Å². The molecule has 0 aliphatic heterocycles. The van der Waals surface area contributed by atoms with Gasteiger partial charge in [0.05, 0.1) is 0 Å². The fourth-order valence-electron chi connectivity index (χ4n) is 2.91. The molecule has 1 heterocycles. The molecule has 0 saturated carbocycles. The molecule has 0 aliphatic carbocycles. The van der Waals surface area contributed by atoms with Crippen molar-refractivity contribution in [1.82, 2.24) is 14.8 Å². The van der Waals surface area contributed by atoms with Gasteiger partial charge in [0, 0.05) is 40.2 Å². The molecule has 0 aliphatic rings. The number of aromatic nitrogens is 1. The van der Waals surface area contributed by atoms with Gasteiger partial charge in [-0.15, -0.1) is 0 Å². The Hall–Kier alpha value is -1.33. The molecule has 4 nitrogen and oxygen atoms in total. The Balaban J connectivity index is 2.00. The zero-order valence-electron chi connectivity index (χ0n) is 14.4. The number of halogens is 1. The number of nitrogens with one attached hydrogen (secondary N) is 1. The average Bonchev–Trinajstić information content (AvgIpc) is 2.77. The van der Waals surface area contributed by atoms with Gasteiger partial charge in [0.2, 0.25) is 5.91 Å². The van der Waals surface area contributed by atoms with Crippen molar-refractivity contribution in [3.05, 3.63) is 34.4 Å². The Morgan fingerprint density at radius 3 is 2.70 bits per heavy atom. The molecule has 0 unspecified atom stereocenters. The molecule has 0 saturated heterocycles. The summed E-state index contributed by atoms with van der Waals surface area (Å²) < 4.78 is 3.13. The van der Waals surface area contributed by atoms with Gasteiger partial charge >= 0.3 is 0 Å². The molecule has 1 N–H and O–H groups in total. The number of hydrogen-bond acceptors (Lipinski definition) is 2. The maximum atomic E-state index is 12.3. The van der Waals surface area contributed by atoms with Crippen LogP contribution in [0, 0.1) is 6.92 Å². The molecule has 0 bridgehead atoms. The summed E-state index contributed by atoms with van der Waals surface area (Å²) in [5.41, 5.74) is 2.17. The lowest BCUT2D eigenvalue weighted by Crippen LogP contribution is -2.39. The van der Waals surface area contributed by atoms with Gasteiger partial charge in [-0.3, -0.25) is 9.69 Å². The number of hydrogen-bond donors (Lipinski definition) is 1. The average molecular weight is 380 g/mol. The second-order valence-electron chi connectivity index (χ2n) is 6.07. The van der Waals surface area contributed by atoms with E-state index in [0.29, 0.717) is 19.1 Å². The first-order valence-corrected chi connectivity index (χ1v) is 8.99. The number of likely N-dealkylation sites (N-methyl/N-ethyl adjacent to an activating group) is 1. The number of carbonyl (C=O) groups excluding carboxylic acids is 1. The normalized spacial score (nSPS) is 11.6. The Morgan fingerprint density at radius 2 is 2.04 bits per heavy atom. The van der Waals surface area contributed by atoms with Crippen LogP contribution in [0.3, 0.4) is 0 Å². The van der Waals surface area contributed by atoms with Gasteiger partial charge in [0.25, 0.3) is 0 Å². The summed E-state index contributed by atoms with van der Waals surface area (Å²) in [6, 6.07) is 8.65. The highest BCUT2D eigenvalue weighted by Crippen LogP contribution is 2.30. The summed E-state index contributed by atoms with van der Waals surface area (Å²) in [4.78, 5) is 14.6. The summed E-state index contributed by atoms with van der Waals surface area (Å²) in [6.07, 6.45) is 0. The predicted octanol–water partition coefficient (Wildman–Crippen LogP) is 3.56. The van der Waals surface area contributed by atoms with E-state index in [9.17, 15) is 4.79 Å². The van der Waals surface area contributed by atoms with E-state index in [1.54, 1.807) is 0 Å². The van der Waals surface area contributed by atoms with Crippen LogP contribution in [0.4, 0.5) is 0 Å². The SMILES string of the molecule is CCN(CCNC(=O)Cn1c(C)c(Br)c2ccccc21)C(C)C. The standard InChI is InChI=1S/C18H26BrN3O/c1-5-21(13(2)3)11-10-20-17(23)12-22-14(4)18(19)15-8-6-7-9-16(15)22/h6-9,13H,5,10-12H2,1-4H3,(H,20,23). The molecule has 0 fully saturated rings. The minimum Gasteiger partial charge on any atom is -0.353 e. The lowest BCUT2D eigenvalue weighted by Gasteiger charge is -2.24. The first kappa shape index (κ1) is 18.0. The van der Waals surface area contributed by atoms with Crippen LogP contribution in [-0.2, 0) is 11.3 Å². The van der Waals surface area contributed by atoms with E-state index in [1.807, 2.05) is 19.1 Å². The Bertz CT molecular complexity index is 678. The number of benzene rings is 1. The molecule has 126 valence electrons. The second kappa shape index (κ2) is 7.97. The molecule has 0 atom stereocenters. The van der Waals surface area contributed by atoms with Gasteiger partial charge in [-0.1, -0.05) is 25.1 Å². The molecule has 23 heavy (non-hydrogen) atoms. The monoisotopic (exact) mass is 379 g/mol. The zero-order chi connectivity index (χ0) is 17.0. The van der Waals surface area contributed by atoms with Crippen LogP contribution in [0.2, 0.25) is 0 Å². The Morgan fingerprint density at radius 1 is 1.35 bits per heavy atom. The quantitative estimate of drug-likeness (QED) is 0.798. The summed E-state index contributed by atoms with van der Waals surface area (Å²) >= 11 is 3.63. The maximum Gasteiger partial charge on any atom is 0.239 e. The lowest BCUT2D eigenvalue weighted by molar-refractivity contribution is -0.121. The molecule has 1 amide bonds. The van der Waals surface area contributed by atoms with E-state index in [1.165, 1.54) is 0 Å². The molecular weight excluding hydrogens is 354 g/mol. The van der Waals surface area contributed by atoms with E-state index in [4.69, 9.17) is 0 Å². The van der Waals surface area contributed by atoms with Crippen LogP contribution in [0.15, 0.2) is 28.7 Å². The third-order valence-electron chi connectivity index (χ3n) is 4.31. The zero-order valence-corrected chi connectivity index (χ0v) is 16.0. The number of rotatable bonds is 7. The highest BCUT2D eigenvalue weighted by Gasteiger charge is 2.14. The number of para-hydroxylation sites is 1. The van der Waals surface area contributed by atoms with E-state index < -0.39 is 0 Å². The Kier molecular flexibility index (Phi) is 6.25. The van der Waals surface area contributed by atoms with Crippen molar-refractivity contribution < 1.29 is 4.79 Å². The van der Waals surface area contributed by atoms with E-state index in [-0.39, 0.29) is 5.91 Å². The molecule has 0 spiro atoms. The third kappa shape index (κ3) is 4.15. The molecule has 1 aromatic heterocycles. The van der Waals surface area contributed by atoms with Crippen molar-refractivity contribution in [3.8, 4) is 0 Å². The number of fused-ring (bicyclic) bond motifs is 1. The summed E-state index contributed by atoms with van der Waals surface area (Å²) in [5.74, 6) is 0.0566. The third-order valence-corrected chi connectivity index (χ3v) is 5.31. The van der Waals surface area contributed by atoms with Gasteiger partial charge in [-0.25, -0.2) is 0 Å². The Labute approximate surface area is 147 Å². The minimum atomic E-state index is 0.0566. The predicted molar refractivity (Wildman–Crippen MR) is 99.8 cm³/mol. The van der Waals surface area contributed by atoms with Crippen LogP contribution in [0.25, 0.3) is 10.9 Å². The molecule has 2 aromatic rings. The first-order valence-electron chi connectivity index (χ1n) is 8.19. The maximum absolute atomic E-state index is 12.3. The first-order chi connectivity index (χ1) is 11.0. The van der Waals surface area contributed by atoms with Gasteiger partial charge in [0.1, 0.15) is 6.54 Å². The lowest BCUT2D eigenvalue weighted by atomic mass is 10.2. The fourth-order valence-corrected chi connectivity index (χ4v) is 3.46. The van der Waals surface area contributed by atoms with Crippen LogP contribution < -0.4 is 5.32 Å². The molecule has 1 aromatic carbocycles. The van der Waals surface area contributed by atoms with Crippen LogP contribution in [0.1, 0.15) is 26.5 Å². The van der Waals surface area contributed by atoms with Crippen molar-refractivity contribution in [3.63, 3.8) is 0 Å². The fraction of sp³-hybridized carbons (Fsp3) is 0.500. The summed E-state index contributed by atoms with van der Waals surface area (Å²) in [7, 11) is 0. The van der Waals surface area contributed by atoms with Crippen molar-refractivity contribution in [2.45, 2.75) is 40.3 Å². The highest BCUT2D eigenvalue weighted by atomic mass is 79.9. The van der Waals surface area contributed by atoms with Gasteiger partial charge in [0.15, 0.2) is 0 Å². The topological polar surface area (TPSA) is 37.3 Å². The van der Waals surface area contributed by atoms with Crippen molar-refractivity contribution in [1.29, 1.82) is 0 Å². The second-order valence-corrected chi connectivity index (χ2v) is 6.87. The summed E-state index contributed by atoms with van der Waals surface area (Å²) in [5, 5.41) is 4.18. The van der Waals surface area contributed by atoms with Crippen molar-refractivity contribution in [2.75, 3.05) is 19.6 Å². The summed E-state index contributed by atoms with van der Waals surface area (Å²) in [6.45, 7) is 11.5. The number of nitrogens with zero attached hydrogens (tertiary/aromatic N) is 2. The minimum absolute atomic E-state index is 0.0566. The van der Waals surface area contributed by atoms with Crippen LogP contribution in [-0.4, -0.2) is 41.1 Å². The molecule has 0 radical (unpaired) electrons. The van der Waals surface area contributed by atoms with E-state index in [0.717, 1.165) is 34.2 Å².